The van der Waals surface area contributed by atoms with Gasteiger partial charge in [0.05, 0.1) is 12.5 Å². The fourth-order valence-electron chi connectivity index (χ4n) is 2.59. The summed E-state index contributed by atoms with van der Waals surface area (Å²) in [6, 6.07) is 5.80. The number of thiocarbonyl (C=S) groups is 1. The number of nitrogens with zero attached hydrogens (tertiary/aromatic N) is 1. The lowest BCUT2D eigenvalue weighted by Crippen LogP contribution is -2.48. The molecule has 0 bridgehead atoms. The van der Waals surface area contributed by atoms with Gasteiger partial charge in [0.25, 0.3) is 0 Å². The minimum absolute atomic E-state index is 0.224. The Hall–Kier alpha value is -2.28. The number of esters is 1. The molecule has 1 aromatic carbocycles. The normalized spacial score (nSPS) is 17.4. The number of piperidine rings is 1. The zero-order valence-electron chi connectivity index (χ0n) is 14.0. The number of carbonyl (C=O) groups is 2. The van der Waals surface area contributed by atoms with Gasteiger partial charge in [0.2, 0.25) is 5.91 Å². The van der Waals surface area contributed by atoms with E-state index in [2.05, 4.69) is 5.32 Å². The molecule has 1 atom stereocenters. The van der Waals surface area contributed by atoms with Crippen LogP contribution in [0.4, 0.5) is 4.39 Å². The van der Waals surface area contributed by atoms with Crippen LogP contribution in [0.1, 0.15) is 25.3 Å². The van der Waals surface area contributed by atoms with Crippen LogP contribution in [0.3, 0.4) is 0 Å². The topological polar surface area (TPSA) is 58.6 Å². The first-order chi connectivity index (χ1) is 12.0. The van der Waals surface area contributed by atoms with Crippen molar-refractivity contribution >= 4 is 35.3 Å². The number of ether oxygens (including phenoxy) is 1. The number of hydrogen-bond acceptors (Lipinski definition) is 4. The predicted molar refractivity (Wildman–Crippen MR) is 97.1 cm³/mol. The molecule has 1 saturated heterocycles. The maximum atomic E-state index is 12.8. The Balaban J connectivity index is 1.86. The van der Waals surface area contributed by atoms with Crippen LogP contribution in [0.2, 0.25) is 0 Å². The van der Waals surface area contributed by atoms with Crippen molar-refractivity contribution in [3.05, 3.63) is 41.7 Å². The highest BCUT2D eigenvalue weighted by molar-refractivity contribution is 7.80. The van der Waals surface area contributed by atoms with Gasteiger partial charge >= 0.3 is 5.97 Å². The van der Waals surface area contributed by atoms with Crippen LogP contribution in [0.15, 0.2) is 30.3 Å². The SMILES string of the molecule is CCOC(=O)C1CCCN(C(=S)NC(=O)/C=C/c2ccc(F)cc2)C1. The Kier molecular flexibility index (Phi) is 7.06. The van der Waals surface area contributed by atoms with Crippen molar-refractivity contribution in [1.29, 1.82) is 0 Å². The second-order valence-corrected chi connectivity index (χ2v) is 6.10. The molecule has 25 heavy (non-hydrogen) atoms. The van der Waals surface area contributed by atoms with E-state index in [0.717, 1.165) is 12.8 Å². The molecule has 7 heteroatoms. The van der Waals surface area contributed by atoms with Crippen LogP contribution in [-0.2, 0) is 14.3 Å². The van der Waals surface area contributed by atoms with Crippen molar-refractivity contribution in [3.8, 4) is 0 Å². The summed E-state index contributed by atoms with van der Waals surface area (Å²) in [4.78, 5) is 25.6. The van der Waals surface area contributed by atoms with Gasteiger partial charge in [-0.25, -0.2) is 4.39 Å². The molecular weight excluding hydrogens is 343 g/mol. The Morgan fingerprint density at radius 1 is 1.40 bits per heavy atom. The van der Waals surface area contributed by atoms with E-state index < -0.39 is 0 Å². The zero-order valence-corrected chi connectivity index (χ0v) is 14.9. The van der Waals surface area contributed by atoms with Crippen LogP contribution >= 0.6 is 12.2 Å². The maximum Gasteiger partial charge on any atom is 0.310 e. The third-order valence-electron chi connectivity index (χ3n) is 3.86. The van der Waals surface area contributed by atoms with Gasteiger partial charge < -0.3 is 9.64 Å². The van der Waals surface area contributed by atoms with E-state index in [1.807, 2.05) is 4.90 Å². The van der Waals surface area contributed by atoms with Gasteiger partial charge in [-0.1, -0.05) is 12.1 Å². The average Bonchev–Trinajstić information content (AvgIpc) is 2.61. The van der Waals surface area contributed by atoms with E-state index in [-0.39, 0.29) is 23.6 Å². The summed E-state index contributed by atoms with van der Waals surface area (Å²) in [5, 5.41) is 2.92. The second-order valence-electron chi connectivity index (χ2n) is 5.72. The predicted octanol–water partition coefficient (Wildman–Crippen LogP) is 2.52. The molecular formula is C18H21FN2O3S. The third-order valence-corrected chi connectivity index (χ3v) is 4.22. The second kappa shape index (κ2) is 9.27. The molecule has 134 valence electrons. The standard InChI is InChI=1S/C18H21FN2O3S/c1-2-24-17(23)14-4-3-11-21(12-14)18(25)20-16(22)10-7-13-5-8-15(19)9-6-13/h5-10,14H,2-4,11-12H2,1H3,(H,20,22,25)/b10-7+. The summed E-state index contributed by atoms with van der Waals surface area (Å²) in [6.45, 7) is 3.26. The van der Waals surface area contributed by atoms with Crippen molar-refractivity contribution in [2.24, 2.45) is 5.92 Å². The van der Waals surface area contributed by atoms with Gasteiger partial charge in [-0.15, -0.1) is 0 Å². The van der Waals surface area contributed by atoms with Gasteiger partial charge in [-0.3, -0.25) is 14.9 Å². The Labute approximate surface area is 151 Å². The summed E-state index contributed by atoms with van der Waals surface area (Å²) in [6.07, 6.45) is 4.49. The number of nitrogens with one attached hydrogen (secondary N) is 1. The first-order valence-electron chi connectivity index (χ1n) is 8.19. The molecule has 1 fully saturated rings. The summed E-state index contributed by atoms with van der Waals surface area (Å²) in [7, 11) is 0. The Morgan fingerprint density at radius 3 is 2.80 bits per heavy atom. The number of carbonyl (C=O) groups excluding carboxylic acids is 2. The minimum Gasteiger partial charge on any atom is -0.466 e. The van der Waals surface area contributed by atoms with Crippen LogP contribution in [-0.4, -0.2) is 41.6 Å². The van der Waals surface area contributed by atoms with Gasteiger partial charge in [0.15, 0.2) is 5.11 Å². The number of amides is 1. The molecule has 2 rings (SSSR count). The largest absolute Gasteiger partial charge is 0.466 e. The lowest BCUT2D eigenvalue weighted by Gasteiger charge is -2.33. The highest BCUT2D eigenvalue weighted by Gasteiger charge is 2.28. The highest BCUT2D eigenvalue weighted by Crippen LogP contribution is 2.18. The summed E-state index contributed by atoms with van der Waals surface area (Å²) in [5.41, 5.74) is 0.711. The fraction of sp³-hybridized carbons (Fsp3) is 0.389. The van der Waals surface area contributed by atoms with Crippen LogP contribution in [0.5, 0.6) is 0 Å². The van der Waals surface area contributed by atoms with Crippen LogP contribution in [0, 0.1) is 11.7 Å². The molecule has 0 saturated carbocycles. The number of halogens is 1. The monoisotopic (exact) mass is 364 g/mol. The van der Waals surface area contributed by atoms with Gasteiger partial charge in [-0.05, 0) is 55.8 Å². The highest BCUT2D eigenvalue weighted by atomic mass is 32.1. The van der Waals surface area contributed by atoms with Crippen molar-refractivity contribution in [1.82, 2.24) is 10.2 Å². The Bertz CT molecular complexity index is 661. The van der Waals surface area contributed by atoms with Crippen molar-refractivity contribution < 1.29 is 18.7 Å². The van der Waals surface area contributed by atoms with Crippen molar-refractivity contribution in [3.63, 3.8) is 0 Å². The first-order valence-corrected chi connectivity index (χ1v) is 8.60. The lowest BCUT2D eigenvalue weighted by atomic mass is 9.98. The average molecular weight is 364 g/mol. The number of hydrogen-bond donors (Lipinski definition) is 1. The van der Waals surface area contributed by atoms with E-state index in [1.54, 1.807) is 25.1 Å². The molecule has 1 unspecified atom stereocenters. The molecule has 0 aromatic heterocycles. The third kappa shape index (κ3) is 5.94. The summed E-state index contributed by atoms with van der Waals surface area (Å²) < 4.78 is 17.9. The van der Waals surface area contributed by atoms with Gasteiger partial charge in [-0.2, -0.15) is 0 Å². The van der Waals surface area contributed by atoms with E-state index >= 15 is 0 Å². The van der Waals surface area contributed by atoms with Gasteiger partial charge in [0, 0.05) is 19.2 Å². The first kappa shape index (κ1) is 19.1. The smallest absolute Gasteiger partial charge is 0.310 e. The fourth-order valence-corrected chi connectivity index (χ4v) is 2.85. The minimum atomic E-state index is -0.368. The van der Waals surface area contributed by atoms with E-state index in [0.29, 0.717) is 30.4 Å². The molecule has 1 aliphatic heterocycles. The summed E-state index contributed by atoms with van der Waals surface area (Å²) >= 11 is 5.26. The zero-order chi connectivity index (χ0) is 18.2. The molecule has 1 aromatic rings. The van der Waals surface area contributed by atoms with E-state index in [9.17, 15) is 14.0 Å². The molecule has 0 radical (unpaired) electrons. The van der Waals surface area contributed by atoms with E-state index in [1.165, 1.54) is 18.2 Å². The van der Waals surface area contributed by atoms with E-state index in [4.69, 9.17) is 17.0 Å². The molecule has 1 amide bonds. The Morgan fingerprint density at radius 2 is 2.12 bits per heavy atom. The molecule has 1 heterocycles. The maximum absolute atomic E-state index is 12.8. The molecule has 1 N–H and O–H groups in total. The number of benzene rings is 1. The number of rotatable bonds is 4. The van der Waals surface area contributed by atoms with Crippen molar-refractivity contribution in [2.75, 3.05) is 19.7 Å². The quantitative estimate of drug-likeness (QED) is 0.505. The van der Waals surface area contributed by atoms with Crippen molar-refractivity contribution in [2.45, 2.75) is 19.8 Å². The molecule has 5 nitrogen and oxygen atoms in total. The van der Waals surface area contributed by atoms with Gasteiger partial charge in [0.1, 0.15) is 5.82 Å². The van der Waals surface area contributed by atoms with Crippen LogP contribution in [0.25, 0.3) is 6.08 Å². The molecule has 0 aliphatic carbocycles. The summed E-state index contributed by atoms with van der Waals surface area (Å²) in [5.74, 6) is -1.15. The molecule has 0 spiro atoms. The molecule has 1 aliphatic rings. The number of likely N-dealkylation sites (tertiary alicyclic amines) is 1. The van der Waals surface area contributed by atoms with Crippen LogP contribution < -0.4 is 5.32 Å². The lowest BCUT2D eigenvalue weighted by molar-refractivity contribution is -0.149.